The molecule has 0 amide bonds. The molecule has 0 radical (unpaired) electrons. The summed E-state index contributed by atoms with van der Waals surface area (Å²) in [7, 11) is 0. The molecule has 4 heteroatoms. The molecule has 1 saturated carbocycles. The average molecular weight is 283 g/mol. The fourth-order valence-electron chi connectivity index (χ4n) is 3.84. The van der Waals surface area contributed by atoms with Gasteiger partial charge in [-0.1, -0.05) is 48.3 Å². The van der Waals surface area contributed by atoms with Crippen LogP contribution in [0.3, 0.4) is 0 Å². The highest BCUT2D eigenvalue weighted by molar-refractivity contribution is 5.33. The summed E-state index contributed by atoms with van der Waals surface area (Å²) < 4.78 is 5.58. The van der Waals surface area contributed by atoms with Crippen molar-refractivity contribution in [2.45, 2.75) is 50.0 Å². The van der Waals surface area contributed by atoms with Crippen molar-refractivity contribution in [3.63, 3.8) is 0 Å². The smallest absolute Gasteiger partial charge is 0.243 e. The Balaban J connectivity index is 1.71. The number of rotatable bonds is 3. The van der Waals surface area contributed by atoms with E-state index >= 15 is 0 Å². The fraction of sp³-hybridized carbons (Fsp3) is 0.529. The summed E-state index contributed by atoms with van der Waals surface area (Å²) in [6, 6.07) is 10.9. The molecule has 0 bridgehead atoms. The number of hydrogen-bond donors (Lipinski definition) is 1. The second-order valence-corrected chi connectivity index (χ2v) is 6.26. The van der Waals surface area contributed by atoms with Crippen molar-refractivity contribution in [1.82, 2.24) is 15.5 Å². The maximum absolute atomic E-state index is 5.58. The molecular formula is C17H21N3O. The summed E-state index contributed by atoms with van der Waals surface area (Å²) in [5.74, 6) is 1.65. The van der Waals surface area contributed by atoms with Gasteiger partial charge in [0, 0.05) is 0 Å². The van der Waals surface area contributed by atoms with Crippen LogP contribution >= 0.6 is 0 Å². The summed E-state index contributed by atoms with van der Waals surface area (Å²) in [6.45, 7) is 1.05. The summed E-state index contributed by atoms with van der Waals surface area (Å²) in [4.78, 5) is 4.78. The number of aromatic nitrogens is 2. The summed E-state index contributed by atoms with van der Waals surface area (Å²) >= 11 is 0. The molecule has 4 rings (SSSR count). The maximum Gasteiger partial charge on any atom is 0.243 e. The van der Waals surface area contributed by atoms with E-state index < -0.39 is 0 Å². The lowest BCUT2D eigenvalue weighted by Crippen LogP contribution is -2.25. The van der Waals surface area contributed by atoms with Crippen LogP contribution in [0.1, 0.15) is 61.8 Å². The number of nitrogens with zero attached hydrogens (tertiary/aromatic N) is 2. The van der Waals surface area contributed by atoms with Crippen molar-refractivity contribution >= 4 is 0 Å². The van der Waals surface area contributed by atoms with Crippen LogP contribution < -0.4 is 5.32 Å². The number of benzene rings is 1. The van der Waals surface area contributed by atoms with Gasteiger partial charge in [-0.15, -0.1) is 0 Å². The van der Waals surface area contributed by atoms with Crippen molar-refractivity contribution in [1.29, 1.82) is 0 Å². The molecule has 21 heavy (non-hydrogen) atoms. The van der Waals surface area contributed by atoms with E-state index in [1.165, 1.54) is 24.8 Å². The van der Waals surface area contributed by atoms with Gasteiger partial charge in [-0.25, -0.2) is 0 Å². The highest BCUT2D eigenvalue weighted by atomic mass is 16.5. The predicted octanol–water partition coefficient (Wildman–Crippen LogP) is 3.35. The van der Waals surface area contributed by atoms with E-state index in [9.17, 15) is 0 Å². The molecule has 1 aromatic carbocycles. The average Bonchev–Trinajstić information content (AvgIpc) is 3.28. The Morgan fingerprint density at radius 3 is 2.62 bits per heavy atom. The molecule has 2 fully saturated rings. The minimum absolute atomic E-state index is 0.0401. The molecule has 1 aromatic heterocycles. The first-order valence-corrected chi connectivity index (χ1v) is 8.01. The molecule has 1 aliphatic carbocycles. The molecule has 0 unspecified atom stereocenters. The zero-order chi connectivity index (χ0) is 14.1. The third kappa shape index (κ3) is 2.18. The van der Waals surface area contributed by atoms with E-state index in [1.54, 1.807) is 0 Å². The Labute approximate surface area is 124 Å². The van der Waals surface area contributed by atoms with Gasteiger partial charge in [0.2, 0.25) is 5.89 Å². The third-order valence-electron chi connectivity index (χ3n) is 5.01. The molecule has 1 aliphatic heterocycles. The molecule has 110 valence electrons. The molecule has 4 nitrogen and oxygen atoms in total. The van der Waals surface area contributed by atoms with Gasteiger partial charge in [-0.3, -0.25) is 0 Å². The van der Waals surface area contributed by atoms with Crippen molar-refractivity contribution in [2.75, 3.05) is 6.54 Å². The van der Waals surface area contributed by atoms with Gasteiger partial charge in [0.05, 0.1) is 11.5 Å². The zero-order valence-corrected chi connectivity index (χ0v) is 12.2. The second-order valence-electron chi connectivity index (χ2n) is 6.26. The standard InChI is InChI=1S/C17H21N3O/c1-2-7-13(8-3-1)17(10-4-5-11-17)16-19-15(21-20-16)14-9-6-12-18-14/h1-3,7-8,14,18H,4-6,9-12H2/t14-/m1/s1. The molecule has 1 saturated heterocycles. The molecule has 2 aliphatic rings. The highest BCUT2D eigenvalue weighted by Gasteiger charge is 2.42. The van der Waals surface area contributed by atoms with E-state index in [0.717, 1.165) is 37.5 Å². The van der Waals surface area contributed by atoms with Gasteiger partial charge in [-0.05, 0) is 37.8 Å². The maximum atomic E-state index is 5.58. The summed E-state index contributed by atoms with van der Waals surface area (Å²) in [6.07, 6.45) is 7.00. The van der Waals surface area contributed by atoms with Gasteiger partial charge in [-0.2, -0.15) is 4.98 Å². The van der Waals surface area contributed by atoms with E-state index in [4.69, 9.17) is 9.51 Å². The van der Waals surface area contributed by atoms with Crippen LogP contribution in [0.4, 0.5) is 0 Å². The van der Waals surface area contributed by atoms with Crippen LogP contribution in [0, 0.1) is 0 Å². The first kappa shape index (κ1) is 13.0. The normalized spacial score (nSPS) is 24.5. The Bertz CT molecular complexity index is 596. The van der Waals surface area contributed by atoms with Crippen LogP contribution in [0.5, 0.6) is 0 Å². The Morgan fingerprint density at radius 2 is 1.90 bits per heavy atom. The second kappa shape index (κ2) is 5.26. The van der Waals surface area contributed by atoms with Gasteiger partial charge in [0.25, 0.3) is 0 Å². The van der Waals surface area contributed by atoms with Gasteiger partial charge in [0.15, 0.2) is 5.82 Å². The topological polar surface area (TPSA) is 51.0 Å². The Hall–Kier alpha value is -1.68. The summed E-state index contributed by atoms with van der Waals surface area (Å²) in [5.41, 5.74) is 1.29. The Kier molecular flexibility index (Phi) is 3.26. The monoisotopic (exact) mass is 283 g/mol. The van der Waals surface area contributed by atoms with E-state index in [-0.39, 0.29) is 11.5 Å². The first-order chi connectivity index (χ1) is 10.4. The lowest BCUT2D eigenvalue weighted by Gasteiger charge is -2.25. The lowest BCUT2D eigenvalue weighted by atomic mass is 9.78. The van der Waals surface area contributed by atoms with E-state index in [1.807, 2.05) is 0 Å². The van der Waals surface area contributed by atoms with Gasteiger partial charge >= 0.3 is 0 Å². The van der Waals surface area contributed by atoms with E-state index in [2.05, 4.69) is 40.8 Å². The third-order valence-corrected chi connectivity index (χ3v) is 5.01. The molecular weight excluding hydrogens is 262 g/mol. The van der Waals surface area contributed by atoms with Crippen molar-refractivity contribution < 1.29 is 4.52 Å². The zero-order valence-electron chi connectivity index (χ0n) is 12.2. The molecule has 2 heterocycles. The van der Waals surface area contributed by atoms with Crippen LogP contribution in [0.25, 0.3) is 0 Å². The minimum atomic E-state index is -0.0401. The molecule has 1 atom stereocenters. The van der Waals surface area contributed by atoms with Crippen LogP contribution in [0.15, 0.2) is 34.9 Å². The van der Waals surface area contributed by atoms with Crippen molar-refractivity contribution in [2.24, 2.45) is 0 Å². The fourth-order valence-corrected chi connectivity index (χ4v) is 3.84. The number of hydrogen-bond acceptors (Lipinski definition) is 4. The summed E-state index contributed by atoms with van der Waals surface area (Å²) in [5, 5.41) is 7.80. The van der Waals surface area contributed by atoms with Crippen LogP contribution in [-0.4, -0.2) is 16.7 Å². The minimum Gasteiger partial charge on any atom is -0.338 e. The van der Waals surface area contributed by atoms with Crippen molar-refractivity contribution in [3.8, 4) is 0 Å². The number of nitrogens with one attached hydrogen (secondary N) is 1. The van der Waals surface area contributed by atoms with E-state index in [0.29, 0.717) is 0 Å². The predicted molar refractivity (Wildman–Crippen MR) is 80.0 cm³/mol. The SMILES string of the molecule is c1ccc(C2(c3noc([C@H]4CCCN4)n3)CCCC2)cc1. The van der Waals surface area contributed by atoms with Gasteiger partial charge in [0.1, 0.15) is 0 Å². The van der Waals surface area contributed by atoms with Crippen LogP contribution in [-0.2, 0) is 5.41 Å². The quantitative estimate of drug-likeness (QED) is 0.938. The first-order valence-electron chi connectivity index (χ1n) is 8.01. The largest absolute Gasteiger partial charge is 0.338 e. The van der Waals surface area contributed by atoms with Crippen LogP contribution in [0.2, 0.25) is 0 Å². The lowest BCUT2D eigenvalue weighted by molar-refractivity contribution is 0.333. The molecule has 2 aromatic rings. The van der Waals surface area contributed by atoms with Crippen molar-refractivity contribution in [3.05, 3.63) is 47.6 Å². The molecule has 0 spiro atoms. The Morgan fingerprint density at radius 1 is 1.10 bits per heavy atom. The van der Waals surface area contributed by atoms with Gasteiger partial charge < -0.3 is 9.84 Å². The molecule has 1 N–H and O–H groups in total. The highest BCUT2D eigenvalue weighted by Crippen LogP contribution is 2.45.